The number of ether oxygens (including phenoxy) is 1. The number of halogens is 2. The molecular formula is C27H38BrFN6O2. The molecule has 202 valence electrons. The number of benzene rings is 1. The summed E-state index contributed by atoms with van der Waals surface area (Å²) in [6, 6.07) is 2.26. The predicted octanol–water partition coefficient (Wildman–Crippen LogP) is 5.18. The molecule has 0 radical (unpaired) electrons. The van der Waals surface area contributed by atoms with Gasteiger partial charge < -0.3 is 24.8 Å². The molecule has 0 atom stereocenters. The van der Waals surface area contributed by atoms with Crippen LogP contribution in [0.25, 0.3) is 10.9 Å². The topological polar surface area (TPSA) is 73.8 Å². The molecule has 0 unspecified atom stereocenters. The van der Waals surface area contributed by atoms with Gasteiger partial charge in [-0.15, -0.1) is 0 Å². The highest BCUT2D eigenvalue weighted by atomic mass is 79.9. The predicted molar refractivity (Wildman–Crippen MR) is 148 cm³/mol. The first kappa shape index (κ1) is 26.4. The van der Waals surface area contributed by atoms with Crippen molar-refractivity contribution in [2.75, 3.05) is 56.5 Å². The average Bonchev–Trinajstić information content (AvgIpc) is 2.82. The van der Waals surface area contributed by atoms with Gasteiger partial charge in [0.25, 0.3) is 0 Å². The number of aryl methyl sites for hydroxylation is 1. The number of aromatic nitrogens is 2. The summed E-state index contributed by atoms with van der Waals surface area (Å²) in [5.74, 6) is 0.936. The number of hydrogen-bond donors (Lipinski definition) is 1. The minimum absolute atomic E-state index is 0.121. The van der Waals surface area contributed by atoms with Crippen molar-refractivity contribution in [3.05, 3.63) is 21.9 Å². The zero-order valence-electron chi connectivity index (χ0n) is 22.5. The van der Waals surface area contributed by atoms with Crippen molar-refractivity contribution in [2.24, 2.45) is 5.41 Å². The van der Waals surface area contributed by atoms with Crippen molar-refractivity contribution in [2.45, 2.75) is 65.0 Å². The second-order valence-corrected chi connectivity index (χ2v) is 12.9. The molecule has 3 fully saturated rings. The SMILES string of the molecule is Cc1cc2c(N3CCC4(CC3)CN(C(=O)OC(C)(C)C)C4)nc(NC3CCN(C)CC3)nc2c(F)c1Br. The summed E-state index contributed by atoms with van der Waals surface area (Å²) >= 11 is 3.40. The fraction of sp³-hybridized carbons (Fsp3) is 0.667. The third-order valence-corrected chi connectivity index (χ3v) is 8.89. The standard InChI is InChI=1S/C27H38BrFN6O2/c1-17-14-19-22(21(29)20(17)28)31-24(30-18-6-10-33(5)11-7-18)32-23(19)34-12-8-27(9-13-34)15-35(16-27)25(36)37-26(2,3)4/h14,18H,6-13,15-16H2,1-5H3,(H,30,31,32). The highest BCUT2D eigenvalue weighted by Gasteiger charge is 2.48. The highest BCUT2D eigenvalue weighted by Crippen LogP contribution is 2.43. The zero-order valence-corrected chi connectivity index (χ0v) is 24.1. The van der Waals surface area contributed by atoms with Crippen LogP contribution >= 0.6 is 15.9 Å². The van der Waals surface area contributed by atoms with Crippen molar-refractivity contribution >= 4 is 44.7 Å². The molecule has 4 heterocycles. The van der Waals surface area contributed by atoms with Crippen molar-refractivity contribution in [1.29, 1.82) is 0 Å². The number of carbonyl (C=O) groups is 1. The second-order valence-electron chi connectivity index (χ2n) is 12.1. The summed E-state index contributed by atoms with van der Waals surface area (Å²) in [5, 5.41) is 4.24. The van der Waals surface area contributed by atoms with Gasteiger partial charge >= 0.3 is 6.09 Å². The first-order valence-electron chi connectivity index (χ1n) is 13.3. The van der Waals surface area contributed by atoms with Crippen molar-refractivity contribution in [1.82, 2.24) is 19.8 Å². The van der Waals surface area contributed by atoms with Crippen LogP contribution in [0.1, 0.15) is 52.0 Å². The number of rotatable bonds is 3. The van der Waals surface area contributed by atoms with E-state index < -0.39 is 5.60 Å². The fourth-order valence-electron chi connectivity index (χ4n) is 5.68. The third-order valence-electron chi connectivity index (χ3n) is 7.91. The number of carbonyl (C=O) groups excluding carboxylic acids is 1. The quantitative estimate of drug-likeness (QED) is 0.539. The molecule has 10 heteroatoms. The van der Waals surface area contributed by atoms with Gasteiger partial charge in [-0.1, -0.05) is 0 Å². The van der Waals surface area contributed by atoms with Crippen molar-refractivity contribution in [3.8, 4) is 0 Å². The zero-order chi connectivity index (χ0) is 26.5. The lowest BCUT2D eigenvalue weighted by Gasteiger charge is -2.53. The van der Waals surface area contributed by atoms with Crippen LogP contribution in [0.4, 0.5) is 21.0 Å². The summed E-state index contributed by atoms with van der Waals surface area (Å²) in [6.45, 7) is 12.7. The number of likely N-dealkylation sites (tertiary alicyclic amines) is 2. The summed E-state index contributed by atoms with van der Waals surface area (Å²) in [6.07, 6.45) is 3.69. The second kappa shape index (κ2) is 9.84. The van der Waals surface area contributed by atoms with E-state index in [0.29, 0.717) is 15.9 Å². The Morgan fingerprint density at radius 3 is 2.43 bits per heavy atom. The number of anilines is 2. The molecule has 1 N–H and O–H groups in total. The van der Waals surface area contributed by atoms with E-state index in [-0.39, 0.29) is 23.4 Å². The van der Waals surface area contributed by atoms with Gasteiger partial charge in [0, 0.05) is 43.0 Å². The van der Waals surface area contributed by atoms with Gasteiger partial charge in [0.2, 0.25) is 5.95 Å². The van der Waals surface area contributed by atoms with Crippen LogP contribution in [0.3, 0.4) is 0 Å². The summed E-state index contributed by atoms with van der Waals surface area (Å²) in [4.78, 5) is 28.4. The minimum atomic E-state index is -0.487. The molecular weight excluding hydrogens is 539 g/mol. The Morgan fingerprint density at radius 2 is 1.81 bits per heavy atom. The van der Waals surface area contributed by atoms with Crippen LogP contribution < -0.4 is 10.2 Å². The summed E-state index contributed by atoms with van der Waals surface area (Å²) < 4.78 is 21.4. The number of hydrogen-bond acceptors (Lipinski definition) is 7. The monoisotopic (exact) mass is 576 g/mol. The van der Waals surface area contributed by atoms with Gasteiger partial charge in [0.05, 0.1) is 4.47 Å². The minimum Gasteiger partial charge on any atom is -0.444 e. The summed E-state index contributed by atoms with van der Waals surface area (Å²) in [5.41, 5.74) is 0.804. The molecule has 3 aliphatic rings. The molecule has 3 aliphatic heterocycles. The lowest BCUT2D eigenvalue weighted by Crippen LogP contribution is -2.62. The first-order valence-corrected chi connectivity index (χ1v) is 14.1. The lowest BCUT2D eigenvalue weighted by atomic mass is 9.72. The molecule has 37 heavy (non-hydrogen) atoms. The van der Waals surface area contributed by atoms with Crippen LogP contribution in [0.15, 0.2) is 10.5 Å². The molecule has 0 saturated carbocycles. The van der Waals surface area contributed by atoms with Gasteiger partial charge in [-0.05, 0) is 101 Å². The van der Waals surface area contributed by atoms with Crippen molar-refractivity contribution < 1.29 is 13.9 Å². The van der Waals surface area contributed by atoms with Gasteiger partial charge in [0.1, 0.15) is 16.9 Å². The Hall–Kier alpha value is -2.20. The van der Waals surface area contributed by atoms with E-state index in [1.807, 2.05) is 33.8 Å². The summed E-state index contributed by atoms with van der Waals surface area (Å²) in [7, 11) is 2.13. The first-order chi connectivity index (χ1) is 17.4. The van der Waals surface area contributed by atoms with Crippen LogP contribution in [0.5, 0.6) is 0 Å². The Balaban J connectivity index is 1.35. The van der Waals surface area contributed by atoms with E-state index in [0.717, 1.165) is 81.7 Å². The van der Waals surface area contributed by atoms with Gasteiger partial charge in [-0.2, -0.15) is 4.98 Å². The third kappa shape index (κ3) is 5.50. The van der Waals surface area contributed by atoms with Crippen LogP contribution in [-0.2, 0) is 4.74 Å². The largest absolute Gasteiger partial charge is 0.444 e. The molecule has 1 amide bonds. The molecule has 1 spiro atoms. The van der Waals surface area contributed by atoms with Gasteiger partial charge in [-0.3, -0.25) is 0 Å². The van der Waals surface area contributed by atoms with E-state index in [4.69, 9.17) is 9.72 Å². The van der Waals surface area contributed by atoms with E-state index in [1.54, 1.807) is 4.90 Å². The van der Waals surface area contributed by atoms with Crippen molar-refractivity contribution in [3.63, 3.8) is 0 Å². The van der Waals surface area contributed by atoms with Crippen LogP contribution in [0.2, 0.25) is 0 Å². The number of amides is 1. The molecule has 1 aromatic heterocycles. The number of piperidine rings is 2. The fourth-order valence-corrected chi connectivity index (χ4v) is 5.99. The normalized spacial score (nSPS) is 20.8. The Bertz CT molecular complexity index is 1180. The molecule has 3 saturated heterocycles. The van der Waals surface area contributed by atoms with Crippen LogP contribution in [-0.4, -0.2) is 83.8 Å². The molecule has 0 bridgehead atoms. The maximum absolute atomic E-state index is 15.4. The van der Waals surface area contributed by atoms with E-state index in [1.165, 1.54) is 0 Å². The maximum Gasteiger partial charge on any atom is 0.410 e. The van der Waals surface area contributed by atoms with Gasteiger partial charge in [0.15, 0.2) is 5.82 Å². The van der Waals surface area contributed by atoms with Gasteiger partial charge in [-0.25, -0.2) is 14.2 Å². The van der Waals surface area contributed by atoms with E-state index in [9.17, 15) is 4.79 Å². The Labute approximate surface area is 227 Å². The molecule has 2 aromatic rings. The Morgan fingerprint density at radius 1 is 1.16 bits per heavy atom. The Kier molecular flexibility index (Phi) is 7.02. The smallest absolute Gasteiger partial charge is 0.410 e. The molecule has 0 aliphatic carbocycles. The molecule has 8 nitrogen and oxygen atoms in total. The maximum atomic E-state index is 15.4. The highest BCUT2D eigenvalue weighted by molar-refractivity contribution is 9.10. The van der Waals surface area contributed by atoms with E-state index >= 15 is 4.39 Å². The van der Waals surface area contributed by atoms with Crippen LogP contribution in [0, 0.1) is 18.2 Å². The number of fused-ring (bicyclic) bond motifs is 1. The molecule has 1 aromatic carbocycles. The average molecular weight is 578 g/mol. The molecule has 5 rings (SSSR count). The number of nitrogens with zero attached hydrogens (tertiary/aromatic N) is 5. The van der Waals surface area contributed by atoms with E-state index in [2.05, 4.69) is 43.1 Å². The number of nitrogens with one attached hydrogen (secondary N) is 1. The lowest BCUT2D eigenvalue weighted by molar-refractivity contribution is -0.0434.